The zero-order valence-electron chi connectivity index (χ0n) is 12.2. The summed E-state index contributed by atoms with van der Waals surface area (Å²) in [7, 11) is 1.70. The van der Waals surface area contributed by atoms with E-state index in [1.54, 1.807) is 32.7 Å². The Labute approximate surface area is 114 Å². The van der Waals surface area contributed by atoms with Crippen molar-refractivity contribution in [1.82, 2.24) is 4.90 Å². The van der Waals surface area contributed by atoms with Crippen molar-refractivity contribution in [3.8, 4) is 0 Å². The van der Waals surface area contributed by atoms with Gasteiger partial charge in [-0.05, 0) is 45.4 Å². The van der Waals surface area contributed by atoms with Crippen LogP contribution in [0, 0.1) is 17.8 Å². The predicted octanol–water partition coefficient (Wildman–Crippen LogP) is 2.00. The fourth-order valence-corrected chi connectivity index (χ4v) is 3.03. The topological polar surface area (TPSA) is 46.6 Å². The van der Waals surface area contributed by atoms with E-state index in [0.717, 1.165) is 12.8 Å². The van der Waals surface area contributed by atoms with Crippen LogP contribution in [0.5, 0.6) is 0 Å². The van der Waals surface area contributed by atoms with Crippen LogP contribution in [0.2, 0.25) is 0 Å². The molecular formula is C15H23NO3. The van der Waals surface area contributed by atoms with E-state index >= 15 is 0 Å². The first-order valence-electron chi connectivity index (χ1n) is 7.01. The first kappa shape index (κ1) is 14.1. The summed E-state index contributed by atoms with van der Waals surface area (Å²) < 4.78 is 5.06. The molecule has 106 valence electrons. The SMILES string of the molecule is CCOC(=O)C(C)(C)N(C)C(=O)[C@@H]1C[C@H]2C=C[C@H]1C2. The molecule has 2 rings (SSSR count). The maximum absolute atomic E-state index is 12.6. The Morgan fingerprint density at radius 1 is 1.32 bits per heavy atom. The summed E-state index contributed by atoms with van der Waals surface area (Å²) in [4.78, 5) is 26.1. The molecule has 0 saturated heterocycles. The highest BCUT2D eigenvalue weighted by Crippen LogP contribution is 2.44. The lowest BCUT2D eigenvalue weighted by Crippen LogP contribution is -2.53. The molecule has 0 aromatic heterocycles. The average molecular weight is 265 g/mol. The van der Waals surface area contributed by atoms with Gasteiger partial charge in [-0.1, -0.05) is 12.2 Å². The minimum Gasteiger partial charge on any atom is -0.464 e. The number of fused-ring (bicyclic) bond motifs is 2. The zero-order chi connectivity index (χ0) is 14.2. The van der Waals surface area contributed by atoms with E-state index in [-0.39, 0.29) is 17.8 Å². The Morgan fingerprint density at radius 2 is 2.00 bits per heavy atom. The molecule has 0 radical (unpaired) electrons. The Morgan fingerprint density at radius 3 is 2.47 bits per heavy atom. The number of esters is 1. The van der Waals surface area contributed by atoms with E-state index in [9.17, 15) is 9.59 Å². The van der Waals surface area contributed by atoms with Gasteiger partial charge in [0.05, 0.1) is 6.61 Å². The van der Waals surface area contributed by atoms with Crippen molar-refractivity contribution < 1.29 is 14.3 Å². The van der Waals surface area contributed by atoms with Crippen molar-refractivity contribution in [2.75, 3.05) is 13.7 Å². The van der Waals surface area contributed by atoms with Crippen molar-refractivity contribution in [3.63, 3.8) is 0 Å². The molecule has 0 heterocycles. The molecule has 1 amide bonds. The van der Waals surface area contributed by atoms with Gasteiger partial charge in [-0.3, -0.25) is 4.79 Å². The molecule has 2 aliphatic carbocycles. The molecule has 0 unspecified atom stereocenters. The van der Waals surface area contributed by atoms with Crippen LogP contribution in [0.25, 0.3) is 0 Å². The van der Waals surface area contributed by atoms with Crippen molar-refractivity contribution in [2.45, 2.75) is 39.2 Å². The van der Waals surface area contributed by atoms with Gasteiger partial charge in [0.1, 0.15) is 5.54 Å². The molecule has 2 bridgehead atoms. The van der Waals surface area contributed by atoms with Gasteiger partial charge >= 0.3 is 5.97 Å². The molecule has 0 spiro atoms. The first-order valence-corrected chi connectivity index (χ1v) is 7.01. The lowest BCUT2D eigenvalue weighted by atomic mass is 9.90. The Balaban J connectivity index is 2.06. The van der Waals surface area contributed by atoms with Crippen LogP contribution >= 0.6 is 0 Å². The minimum absolute atomic E-state index is 0.0358. The number of nitrogens with zero attached hydrogens (tertiary/aromatic N) is 1. The molecular weight excluding hydrogens is 242 g/mol. The fraction of sp³-hybridized carbons (Fsp3) is 0.733. The molecule has 19 heavy (non-hydrogen) atoms. The molecule has 1 saturated carbocycles. The molecule has 0 aliphatic heterocycles. The summed E-state index contributed by atoms with van der Waals surface area (Å²) in [5.74, 6) is 0.671. The van der Waals surface area contributed by atoms with E-state index in [4.69, 9.17) is 4.74 Å². The second kappa shape index (κ2) is 4.99. The number of carbonyl (C=O) groups is 2. The Bertz CT molecular complexity index is 414. The quantitative estimate of drug-likeness (QED) is 0.577. The van der Waals surface area contributed by atoms with Crippen molar-refractivity contribution in [3.05, 3.63) is 12.2 Å². The number of carbonyl (C=O) groups excluding carboxylic acids is 2. The van der Waals surface area contributed by atoms with Crippen LogP contribution in [-0.4, -0.2) is 36.0 Å². The maximum atomic E-state index is 12.6. The second-order valence-corrected chi connectivity index (χ2v) is 6.06. The third-order valence-corrected chi connectivity index (χ3v) is 4.54. The number of rotatable bonds is 4. The van der Waals surface area contributed by atoms with Crippen molar-refractivity contribution >= 4 is 11.9 Å². The number of hydrogen-bond acceptors (Lipinski definition) is 3. The van der Waals surface area contributed by atoms with Gasteiger partial charge in [0.25, 0.3) is 0 Å². The van der Waals surface area contributed by atoms with Crippen LogP contribution in [-0.2, 0) is 14.3 Å². The normalized spacial score (nSPS) is 28.5. The molecule has 0 aromatic rings. The third-order valence-electron chi connectivity index (χ3n) is 4.54. The van der Waals surface area contributed by atoms with Crippen LogP contribution in [0.4, 0.5) is 0 Å². The van der Waals surface area contributed by atoms with Crippen LogP contribution in [0.3, 0.4) is 0 Å². The summed E-state index contributed by atoms with van der Waals surface area (Å²) in [6.07, 6.45) is 6.38. The van der Waals surface area contributed by atoms with E-state index in [2.05, 4.69) is 12.2 Å². The zero-order valence-corrected chi connectivity index (χ0v) is 12.2. The highest BCUT2D eigenvalue weighted by molar-refractivity contribution is 5.88. The molecule has 4 nitrogen and oxygen atoms in total. The lowest BCUT2D eigenvalue weighted by molar-refractivity contribution is -0.161. The van der Waals surface area contributed by atoms with Crippen LogP contribution in [0.15, 0.2) is 12.2 Å². The van der Waals surface area contributed by atoms with E-state index < -0.39 is 5.54 Å². The van der Waals surface area contributed by atoms with Gasteiger partial charge in [0, 0.05) is 13.0 Å². The number of ether oxygens (including phenoxy) is 1. The minimum atomic E-state index is -0.904. The summed E-state index contributed by atoms with van der Waals surface area (Å²) in [5, 5.41) is 0. The number of hydrogen-bond donors (Lipinski definition) is 0. The van der Waals surface area contributed by atoms with Crippen molar-refractivity contribution in [1.29, 1.82) is 0 Å². The van der Waals surface area contributed by atoms with Crippen molar-refractivity contribution in [2.24, 2.45) is 17.8 Å². The van der Waals surface area contributed by atoms with Gasteiger partial charge in [-0.2, -0.15) is 0 Å². The number of likely N-dealkylation sites (N-methyl/N-ethyl adjacent to an activating group) is 1. The van der Waals surface area contributed by atoms with Crippen LogP contribution in [0.1, 0.15) is 33.6 Å². The third kappa shape index (κ3) is 2.40. The standard InChI is InChI=1S/C15H23NO3/c1-5-19-14(18)15(2,3)16(4)13(17)12-9-10-6-7-11(12)8-10/h6-7,10-12H,5,8-9H2,1-4H3/t10-,11-,12+/m0/s1. The van der Waals surface area contributed by atoms with Gasteiger partial charge in [-0.25, -0.2) is 4.79 Å². The summed E-state index contributed by atoms with van der Waals surface area (Å²) >= 11 is 0. The molecule has 0 N–H and O–H groups in total. The molecule has 1 fully saturated rings. The highest BCUT2D eigenvalue weighted by atomic mass is 16.5. The number of amides is 1. The molecule has 4 heteroatoms. The largest absolute Gasteiger partial charge is 0.464 e. The molecule has 2 aliphatic rings. The summed E-state index contributed by atoms with van der Waals surface area (Å²) in [6.45, 7) is 5.59. The Hall–Kier alpha value is -1.32. The van der Waals surface area contributed by atoms with E-state index in [0.29, 0.717) is 18.4 Å². The smallest absolute Gasteiger partial charge is 0.331 e. The molecule has 3 atom stereocenters. The van der Waals surface area contributed by atoms with E-state index in [1.807, 2.05) is 0 Å². The monoisotopic (exact) mass is 265 g/mol. The average Bonchev–Trinajstić information content (AvgIpc) is 2.99. The maximum Gasteiger partial charge on any atom is 0.331 e. The first-order chi connectivity index (χ1) is 8.87. The summed E-state index contributed by atoms with van der Waals surface area (Å²) in [5.41, 5.74) is -0.904. The van der Waals surface area contributed by atoms with Gasteiger partial charge in [-0.15, -0.1) is 0 Å². The van der Waals surface area contributed by atoms with E-state index in [1.165, 1.54) is 0 Å². The predicted molar refractivity (Wildman–Crippen MR) is 72.3 cm³/mol. The lowest BCUT2D eigenvalue weighted by Gasteiger charge is -2.36. The number of allylic oxidation sites excluding steroid dienone is 2. The van der Waals surface area contributed by atoms with Gasteiger partial charge in [0.15, 0.2) is 0 Å². The fourth-order valence-electron chi connectivity index (χ4n) is 3.03. The van der Waals surface area contributed by atoms with Gasteiger partial charge in [0.2, 0.25) is 5.91 Å². The summed E-state index contributed by atoms with van der Waals surface area (Å²) in [6, 6.07) is 0. The Kier molecular flexibility index (Phi) is 3.70. The second-order valence-electron chi connectivity index (χ2n) is 6.06. The molecule has 0 aromatic carbocycles. The highest BCUT2D eigenvalue weighted by Gasteiger charge is 2.45. The van der Waals surface area contributed by atoms with Crippen LogP contribution < -0.4 is 0 Å². The van der Waals surface area contributed by atoms with Gasteiger partial charge < -0.3 is 9.64 Å².